The number of nitrogens with zero attached hydrogens (tertiary/aromatic N) is 2. The van der Waals surface area contributed by atoms with Crippen molar-refractivity contribution in [1.29, 1.82) is 0 Å². The van der Waals surface area contributed by atoms with Crippen LogP contribution in [-0.2, 0) is 4.79 Å². The number of benzene rings is 1. The number of aliphatic carboxylic acids is 1. The zero-order valence-electron chi connectivity index (χ0n) is 9.17. The minimum absolute atomic E-state index is 0.248. The summed E-state index contributed by atoms with van der Waals surface area (Å²) >= 11 is 1.63. The monoisotopic (exact) mass is 248 g/mol. The van der Waals surface area contributed by atoms with Gasteiger partial charge in [-0.05, 0) is 18.6 Å². The van der Waals surface area contributed by atoms with Crippen molar-refractivity contribution in [3.05, 3.63) is 24.3 Å². The van der Waals surface area contributed by atoms with E-state index in [0.717, 1.165) is 21.9 Å². The molecule has 5 heteroatoms. The van der Waals surface area contributed by atoms with Gasteiger partial charge in [0.1, 0.15) is 0 Å². The largest absolute Gasteiger partial charge is 0.481 e. The van der Waals surface area contributed by atoms with Gasteiger partial charge in [0.2, 0.25) is 0 Å². The number of rotatable bonds is 2. The molecule has 1 aromatic carbocycles. The van der Waals surface area contributed by atoms with E-state index in [0.29, 0.717) is 13.0 Å². The van der Waals surface area contributed by atoms with Gasteiger partial charge >= 0.3 is 5.97 Å². The van der Waals surface area contributed by atoms with Crippen molar-refractivity contribution in [1.82, 2.24) is 4.98 Å². The first-order chi connectivity index (χ1) is 8.24. The van der Waals surface area contributed by atoms with E-state index in [1.54, 1.807) is 11.3 Å². The first-order valence-corrected chi connectivity index (χ1v) is 6.39. The van der Waals surface area contributed by atoms with E-state index < -0.39 is 5.97 Å². The molecule has 0 bridgehead atoms. The van der Waals surface area contributed by atoms with Crippen LogP contribution in [0.25, 0.3) is 10.2 Å². The van der Waals surface area contributed by atoms with Crippen molar-refractivity contribution in [3.63, 3.8) is 0 Å². The van der Waals surface area contributed by atoms with Gasteiger partial charge in [0.15, 0.2) is 5.13 Å². The van der Waals surface area contributed by atoms with Crippen molar-refractivity contribution in [3.8, 4) is 0 Å². The highest BCUT2D eigenvalue weighted by atomic mass is 32.1. The van der Waals surface area contributed by atoms with Crippen molar-refractivity contribution in [2.75, 3.05) is 18.0 Å². The second kappa shape index (κ2) is 4.00. The fourth-order valence-electron chi connectivity index (χ4n) is 2.13. The molecule has 0 amide bonds. The molecule has 2 heterocycles. The molecular weight excluding hydrogens is 236 g/mol. The molecule has 1 aliphatic heterocycles. The number of hydrogen-bond donors (Lipinski definition) is 1. The van der Waals surface area contributed by atoms with Crippen LogP contribution in [0.1, 0.15) is 6.42 Å². The van der Waals surface area contributed by atoms with Crippen LogP contribution in [-0.4, -0.2) is 29.1 Å². The minimum Gasteiger partial charge on any atom is -0.481 e. The Morgan fingerprint density at radius 2 is 2.29 bits per heavy atom. The molecule has 1 saturated heterocycles. The number of aromatic nitrogens is 1. The standard InChI is InChI=1S/C12H12N2O2S/c15-11(16)8-5-6-14(7-8)12-13-9-3-1-2-4-10(9)17-12/h1-4,8H,5-7H2,(H,15,16). The van der Waals surface area contributed by atoms with Crippen LogP contribution in [0.2, 0.25) is 0 Å². The number of fused-ring (bicyclic) bond motifs is 1. The zero-order chi connectivity index (χ0) is 11.8. The average Bonchev–Trinajstić information content (AvgIpc) is 2.95. The summed E-state index contributed by atoms with van der Waals surface area (Å²) in [6.45, 7) is 1.37. The predicted octanol–water partition coefficient (Wildman–Crippen LogP) is 2.21. The quantitative estimate of drug-likeness (QED) is 0.885. The summed E-state index contributed by atoms with van der Waals surface area (Å²) in [5.41, 5.74) is 0.992. The Kier molecular flexibility index (Phi) is 2.48. The maximum Gasteiger partial charge on any atom is 0.308 e. The van der Waals surface area contributed by atoms with Gasteiger partial charge in [0.05, 0.1) is 16.1 Å². The normalized spacial score (nSPS) is 20.0. The van der Waals surface area contributed by atoms with Crippen LogP contribution >= 0.6 is 11.3 Å². The topological polar surface area (TPSA) is 53.4 Å². The Bertz CT molecular complexity index is 533. The summed E-state index contributed by atoms with van der Waals surface area (Å²) in [7, 11) is 0. The number of carbonyl (C=O) groups is 1. The second-order valence-electron chi connectivity index (χ2n) is 4.23. The first-order valence-electron chi connectivity index (χ1n) is 5.57. The molecule has 0 radical (unpaired) electrons. The SMILES string of the molecule is O=C(O)C1CCN(c2nc3ccccc3s2)C1. The summed E-state index contributed by atoms with van der Waals surface area (Å²) in [6, 6.07) is 7.99. The van der Waals surface area contributed by atoms with Crippen LogP contribution in [0.3, 0.4) is 0 Å². The van der Waals surface area contributed by atoms with Crippen LogP contribution in [0.4, 0.5) is 5.13 Å². The second-order valence-corrected chi connectivity index (χ2v) is 5.24. The highest BCUT2D eigenvalue weighted by Crippen LogP contribution is 2.31. The van der Waals surface area contributed by atoms with Gasteiger partial charge in [-0.25, -0.2) is 4.98 Å². The number of carboxylic acid groups (broad SMARTS) is 1. The zero-order valence-corrected chi connectivity index (χ0v) is 9.98. The molecule has 88 valence electrons. The molecule has 17 heavy (non-hydrogen) atoms. The Labute approximate surface area is 103 Å². The summed E-state index contributed by atoms with van der Waals surface area (Å²) < 4.78 is 1.15. The molecule has 0 aliphatic carbocycles. The molecule has 3 rings (SSSR count). The van der Waals surface area contributed by atoms with Crippen LogP contribution in [0.15, 0.2) is 24.3 Å². The van der Waals surface area contributed by atoms with E-state index in [1.165, 1.54) is 0 Å². The van der Waals surface area contributed by atoms with E-state index in [4.69, 9.17) is 5.11 Å². The molecule has 1 unspecified atom stereocenters. The number of para-hydroxylation sites is 1. The van der Waals surface area contributed by atoms with E-state index in [9.17, 15) is 4.79 Å². The fourth-order valence-corrected chi connectivity index (χ4v) is 3.13. The Morgan fingerprint density at radius 1 is 1.47 bits per heavy atom. The van der Waals surface area contributed by atoms with Gasteiger partial charge in [-0.2, -0.15) is 0 Å². The third-order valence-corrected chi connectivity index (χ3v) is 4.19. The summed E-state index contributed by atoms with van der Waals surface area (Å²) in [4.78, 5) is 17.5. The summed E-state index contributed by atoms with van der Waals surface area (Å²) in [6.07, 6.45) is 0.714. The first kappa shape index (κ1) is 10.5. The molecule has 1 fully saturated rings. The lowest BCUT2D eigenvalue weighted by atomic mass is 10.1. The third-order valence-electron chi connectivity index (χ3n) is 3.09. The molecule has 1 aliphatic rings. The van der Waals surface area contributed by atoms with Gasteiger partial charge in [-0.15, -0.1) is 0 Å². The molecule has 0 saturated carbocycles. The third kappa shape index (κ3) is 1.86. The van der Waals surface area contributed by atoms with Crippen molar-refractivity contribution < 1.29 is 9.90 Å². The molecule has 4 nitrogen and oxygen atoms in total. The number of anilines is 1. The van der Waals surface area contributed by atoms with E-state index in [2.05, 4.69) is 9.88 Å². The van der Waals surface area contributed by atoms with Gasteiger partial charge in [-0.1, -0.05) is 23.5 Å². The van der Waals surface area contributed by atoms with Crippen LogP contribution < -0.4 is 4.90 Å². The molecule has 0 spiro atoms. The molecular formula is C12H12N2O2S. The van der Waals surface area contributed by atoms with Gasteiger partial charge < -0.3 is 10.0 Å². The lowest BCUT2D eigenvalue weighted by Gasteiger charge is -2.12. The molecule has 1 atom stereocenters. The average molecular weight is 248 g/mol. The minimum atomic E-state index is -0.700. The highest BCUT2D eigenvalue weighted by Gasteiger charge is 2.29. The molecule has 1 N–H and O–H groups in total. The molecule has 1 aromatic heterocycles. The fraction of sp³-hybridized carbons (Fsp3) is 0.333. The van der Waals surface area contributed by atoms with Gasteiger partial charge in [0, 0.05) is 13.1 Å². The van der Waals surface area contributed by atoms with E-state index in [-0.39, 0.29) is 5.92 Å². The number of thiazole rings is 1. The maximum absolute atomic E-state index is 10.9. The van der Waals surface area contributed by atoms with Gasteiger partial charge in [-0.3, -0.25) is 4.79 Å². The highest BCUT2D eigenvalue weighted by molar-refractivity contribution is 7.22. The Balaban J connectivity index is 1.87. The van der Waals surface area contributed by atoms with Crippen LogP contribution in [0, 0.1) is 5.92 Å². The lowest BCUT2D eigenvalue weighted by Crippen LogP contribution is -2.22. The Morgan fingerprint density at radius 3 is 3.00 bits per heavy atom. The maximum atomic E-state index is 10.9. The predicted molar refractivity (Wildman–Crippen MR) is 67.6 cm³/mol. The van der Waals surface area contributed by atoms with Crippen molar-refractivity contribution in [2.45, 2.75) is 6.42 Å². The van der Waals surface area contributed by atoms with E-state index in [1.807, 2.05) is 24.3 Å². The lowest BCUT2D eigenvalue weighted by molar-refractivity contribution is -0.140. The summed E-state index contributed by atoms with van der Waals surface area (Å²) in [5.74, 6) is -0.948. The van der Waals surface area contributed by atoms with Crippen LogP contribution in [0.5, 0.6) is 0 Å². The van der Waals surface area contributed by atoms with Gasteiger partial charge in [0.25, 0.3) is 0 Å². The van der Waals surface area contributed by atoms with E-state index >= 15 is 0 Å². The number of hydrogen-bond acceptors (Lipinski definition) is 4. The smallest absolute Gasteiger partial charge is 0.308 e. The van der Waals surface area contributed by atoms with Crippen molar-refractivity contribution >= 4 is 32.7 Å². The van der Waals surface area contributed by atoms with Crippen molar-refractivity contribution in [2.24, 2.45) is 5.92 Å². The Hall–Kier alpha value is -1.62. The summed E-state index contributed by atoms with van der Waals surface area (Å²) in [5, 5.41) is 9.91. The number of carboxylic acids is 1. The molecule has 2 aromatic rings.